The van der Waals surface area contributed by atoms with E-state index in [-0.39, 0.29) is 17.9 Å². The van der Waals surface area contributed by atoms with E-state index >= 15 is 0 Å². The topological polar surface area (TPSA) is 46.4 Å². The van der Waals surface area contributed by atoms with Crippen LogP contribution in [-0.2, 0) is 17.4 Å². The van der Waals surface area contributed by atoms with Gasteiger partial charge in [-0.25, -0.2) is 9.37 Å². The molecule has 2 aromatic heterocycles. The molecule has 30 heavy (non-hydrogen) atoms. The monoisotopic (exact) mass is 413 g/mol. The van der Waals surface area contributed by atoms with Crippen LogP contribution in [0.2, 0.25) is 0 Å². The highest BCUT2D eigenvalue weighted by Crippen LogP contribution is 2.33. The second kappa shape index (κ2) is 7.62. The van der Waals surface area contributed by atoms with E-state index in [4.69, 9.17) is 0 Å². The molecule has 4 nitrogen and oxygen atoms in total. The second-order valence-electron chi connectivity index (χ2n) is 6.67. The Balaban J connectivity index is 1.73. The summed E-state index contributed by atoms with van der Waals surface area (Å²) in [5, 5.41) is 2.67. The Kier molecular flexibility index (Phi) is 4.99. The van der Waals surface area contributed by atoms with Crippen molar-refractivity contribution in [3.8, 4) is 11.3 Å². The summed E-state index contributed by atoms with van der Waals surface area (Å²) in [7, 11) is 0. The molecule has 1 N–H and O–H groups in total. The van der Waals surface area contributed by atoms with Crippen molar-refractivity contribution in [2.45, 2.75) is 12.6 Å². The van der Waals surface area contributed by atoms with E-state index in [9.17, 15) is 22.4 Å². The van der Waals surface area contributed by atoms with Crippen LogP contribution in [0.3, 0.4) is 0 Å². The summed E-state index contributed by atoms with van der Waals surface area (Å²) in [6, 6.07) is 16.3. The van der Waals surface area contributed by atoms with E-state index in [1.807, 2.05) is 0 Å². The lowest BCUT2D eigenvalue weighted by Gasteiger charge is -2.09. The van der Waals surface area contributed by atoms with Gasteiger partial charge in [0, 0.05) is 11.8 Å². The van der Waals surface area contributed by atoms with E-state index in [2.05, 4.69) is 10.3 Å². The molecule has 0 spiro atoms. The SMILES string of the molecule is O=C(Cc1ccc(F)cc1)Nc1nc2cc(C(F)(F)F)ccn2c1-c1ccccc1. The molecule has 0 unspecified atom stereocenters. The van der Waals surface area contributed by atoms with E-state index in [1.54, 1.807) is 30.3 Å². The number of imidazole rings is 1. The van der Waals surface area contributed by atoms with E-state index < -0.39 is 23.5 Å². The molecule has 0 radical (unpaired) electrons. The zero-order chi connectivity index (χ0) is 21.3. The molecule has 0 atom stereocenters. The van der Waals surface area contributed by atoms with Gasteiger partial charge in [0.05, 0.1) is 17.7 Å². The molecule has 4 aromatic rings. The van der Waals surface area contributed by atoms with Crippen molar-refractivity contribution in [1.29, 1.82) is 0 Å². The minimum Gasteiger partial charge on any atom is -0.309 e. The van der Waals surface area contributed by atoms with Crippen LogP contribution in [0.25, 0.3) is 16.9 Å². The Morgan fingerprint density at radius 2 is 1.70 bits per heavy atom. The molecule has 2 aromatic carbocycles. The minimum absolute atomic E-state index is 0.0316. The molecule has 0 bridgehead atoms. The van der Waals surface area contributed by atoms with Crippen molar-refractivity contribution in [2.75, 3.05) is 5.32 Å². The first-order chi connectivity index (χ1) is 14.3. The van der Waals surface area contributed by atoms with Crippen LogP contribution in [0.15, 0.2) is 72.9 Å². The van der Waals surface area contributed by atoms with Gasteiger partial charge in [-0.2, -0.15) is 13.2 Å². The summed E-state index contributed by atoms with van der Waals surface area (Å²) in [5.74, 6) is -0.683. The number of nitrogens with zero attached hydrogens (tertiary/aromatic N) is 2. The fourth-order valence-corrected chi connectivity index (χ4v) is 3.14. The number of anilines is 1. The maximum atomic E-state index is 13.1. The maximum absolute atomic E-state index is 13.1. The molecule has 0 fully saturated rings. The maximum Gasteiger partial charge on any atom is 0.416 e. The third kappa shape index (κ3) is 4.03. The predicted octanol–water partition coefficient (Wildman–Crippen LogP) is 5.34. The van der Waals surface area contributed by atoms with Gasteiger partial charge in [0.2, 0.25) is 5.91 Å². The fourth-order valence-electron chi connectivity index (χ4n) is 3.14. The Bertz CT molecular complexity index is 1200. The largest absolute Gasteiger partial charge is 0.416 e. The number of halogens is 4. The standard InChI is InChI=1S/C22H15F4N3O/c23-17-8-6-14(7-9-17)12-19(30)28-21-20(15-4-2-1-3-5-15)29-11-10-16(22(24,25)26)13-18(29)27-21/h1-11,13H,12H2,(H,28,30). The molecule has 1 amide bonds. The summed E-state index contributed by atoms with van der Waals surface area (Å²) in [6.07, 6.45) is -3.26. The lowest BCUT2D eigenvalue weighted by atomic mass is 10.1. The number of carbonyl (C=O) groups is 1. The summed E-state index contributed by atoms with van der Waals surface area (Å²) >= 11 is 0. The highest BCUT2D eigenvalue weighted by molar-refractivity contribution is 5.95. The Morgan fingerprint density at radius 1 is 1.00 bits per heavy atom. The van der Waals surface area contributed by atoms with Gasteiger partial charge in [0.25, 0.3) is 0 Å². The number of aromatic nitrogens is 2. The molecule has 0 saturated heterocycles. The van der Waals surface area contributed by atoms with Crippen molar-refractivity contribution in [1.82, 2.24) is 9.38 Å². The molecule has 0 aliphatic carbocycles. The molecule has 4 rings (SSSR count). The third-order valence-electron chi connectivity index (χ3n) is 4.54. The predicted molar refractivity (Wildman–Crippen MR) is 104 cm³/mol. The van der Waals surface area contributed by atoms with E-state index in [0.717, 1.165) is 12.1 Å². The molecular formula is C22H15F4N3O. The number of pyridine rings is 1. The van der Waals surface area contributed by atoms with Crippen LogP contribution in [0.4, 0.5) is 23.4 Å². The van der Waals surface area contributed by atoms with Gasteiger partial charge in [-0.05, 0) is 29.8 Å². The number of fused-ring (bicyclic) bond motifs is 1. The van der Waals surface area contributed by atoms with Gasteiger partial charge in [0.15, 0.2) is 5.82 Å². The number of benzene rings is 2. The van der Waals surface area contributed by atoms with Crippen molar-refractivity contribution >= 4 is 17.4 Å². The number of hydrogen-bond acceptors (Lipinski definition) is 2. The number of rotatable bonds is 4. The third-order valence-corrected chi connectivity index (χ3v) is 4.54. The van der Waals surface area contributed by atoms with Crippen molar-refractivity contribution in [3.63, 3.8) is 0 Å². The molecule has 0 saturated carbocycles. The van der Waals surface area contributed by atoms with Crippen LogP contribution in [0.1, 0.15) is 11.1 Å². The Morgan fingerprint density at radius 3 is 2.37 bits per heavy atom. The zero-order valence-corrected chi connectivity index (χ0v) is 15.4. The van der Waals surface area contributed by atoms with E-state index in [1.165, 1.54) is 34.9 Å². The number of nitrogens with one attached hydrogen (secondary N) is 1. The first-order valence-corrected chi connectivity index (χ1v) is 9.00. The lowest BCUT2D eigenvalue weighted by Crippen LogP contribution is -2.15. The highest BCUT2D eigenvalue weighted by Gasteiger charge is 2.31. The van der Waals surface area contributed by atoms with Gasteiger partial charge >= 0.3 is 6.18 Å². The normalized spacial score (nSPS) is 11.6. The van der Waals surface area contributed by atoms with Gasteiger partial charge in [-0.3, -0.25) is 9.20 Å². The summed E-state index contributed by atoms with van der Waals surface area (Å²) in [6.45, 7) is 0. The Hall–Kier alpha value is -3.68. The van der Waals surface area contributed by atoms with Crippen LogP contribution in [0, 0.1) is 5.82 Å². The van der Waals surface area contributed by atoms with Crippen molar-refractivity contribution in [3.05, 3.63) is 89.9 Å². The van der Waals surface area contributed by atoms with Gasteiger partial charge in [-0.15, -0.1) is 0 Å². The zero-order valence-electron chi connectivity index (χ0n) is 15.4. The molecule has 2 heterocycles. The van der Waals surface area contributed by atoms with Crippen LogP contribution >= 0.6 is 0 Å². The van der Waals surface area contributed by atoms with Gasteiger partial charge in [0.1, 0.15) is 11.5 Å². The van der Waals surface area contributed by atoms with Gasteiger partial charge in [-0.1, -0.05) is 42.5 Å². The van der Waals surface area contributed by atoms with Gasteiger partial charge < -0.3 is 5.32 Å². The molecule has 0 aliphatic rings. The lowest BCUT2D eigenvalue weighted by molar-refractivity contribution is -0.137. The molecule has 0 aliphatic heterocycles. The highest BCUT2D eigenvalue weighted by atomic mass is 19.4. The quantitative estimate of drug-likeness (QED) is 0.459. The summed E-state index contributed by atoms with van der Waals surface area (Å²) in [5.41, 5.74) is 0.969. The summed E-state index contributed by atoms with van der Waals surface area (Å²) < 4.78 is 53.8. The molecule has 152 valence electrons. The van der Waals surface area contributed by atoms with Crippen LogP contribution in [-0.4, -0.2) is 15.3 Å². The fraction of sp³-hybridized carbons (Fsp3) is 0.0909. The number of amides is 1. The smallest absolute Gasteiger partial charge is 0.309 e. The van der Waals surface area contributed by atoms with E-state index in [0.29, 0.717) is 16.8 Å². The first kappa shape index (κ1) is 19.6. The number of alkyl halides is 3. The average molecular weight is 413 g/mol. The van der Waals surface area contributed by atoms with Crippen molar-refractivity contribution in [2.24, 2.45) is 0 Å². The first-order valence-electron chi connectivity index (χ1n) is 9.00. The minimum atomic E-state index is -4.51. The molecular weight excluding hydrogens is 398 g/mol. The number of hydrogen-bond donors (Lipinski definition) is 1. The van der Waals surface area contributed by atoms with Crippen LogP contribution < -0.4 is 5.32 Å². The number of carbonyl (C=O) groups excluding carboxylic acids is 1. The van der Waals surface area contributed by atoms with Crippen molar-refractivity contribution < 1.29 is 22.4 Å². The second-order valence-corrected chi connectivity index (χ2v) is 6.67. The van der Waals surface area contributed by atoms with Crippen LogP contribution in [0.5, 0.6) is 0 Å². The average Bonchev–Trinajstić information content (AvgIpc) is 3.06. The summed E-state index contributed by atoms with van der Waals surface area (Å²) in [4.78, 5) is 16.7. The molecule has 8 heteroatoms. The Labute approximate surface area is 168 Å².